The van der Waals surface area contributed by atoms with Crippen LogP contribution in [-0.4, -0.2) is 54.9 Å². The van der Waals surface area contributed by atoms with Crippen LogP contribution in [0.25, 0.3) is 0 Å². The Bertz CT molecular complexity index is 875. The van der Waals surface area contributed by atoms with E-state index in [1.54, 1.807) is 12.5 Å². The molecule has 0 aliphatic carbocycles. The maximum Gasteiger partial charge on any atom is 0.255 e. The summed E-state index contributed by atoms with van der Waals surface area (Å²) in [6, 6.07) is 4.42. The Morgan fingerprint density at radius 3 is 2.74 bits per heavy atom. The average Bonchev–Trinajstić information content (AvgIpc) is 3.38. The second kappa shape index (κ2) is 8.53. The van der Waals surface area contributed by atoms with Crippen molar-refractivity contribution in [3.8, 4) is 5.75 Å². The molecule has 1 aliphatic heterocycles. The molecule has 0 unspecified atom stereocenters. The van der Waals surface area contributed by atoms with Crippen LogP contribution in [0.1, 0.15) is 29.6 Å². The standard InChI is InChI=1S/C18H24N4O4S/c1-26-17-6-5-15(27(24,25)22-10-2-3-11-22)13-16(17)18(23)20-7-4-9-21-12-8-19-14-21/h5-6,8,12-14H,2-4,7,9-11H2,1H3,(H,20,23). The largest absolute Gasteiger partial charge is 0.496 e. The van der Waals surface area contributed by atoms with E-state index in [-0.39, 0.29) is 16.4 Å². The highest BCUT2D eigenvalue weighted by Crippen LogP contribution is 2.26. The van der Waals surface area contributed by atoms with Gasteiger partial charge in [-0.05, 0) is 37.5 Å². The Labute approximate surface area is 159 Å². The lowest BCUT2D eigenvalue weighted by atomic mass is 10.2. The summed E-state index contributed by atoms with van der Waals surface area (Å²) in [4.78, 5) is 16.7. The maximum absolute atomic E-state index is 12.7. The number of aromatic nitrogens is 2. The summed E-state index contributed by atoms with van der Waals surface area (Å²) >= 11 is 0. The first-order valence-electron chi connectivity index (χ1n) is 8.94. The van der Waals surface area contributed by atoms with Crippen molar-refractivity contribution in [3.05, 3.63) is 42.5 Å². The molecule has 27 heavy (non-hydrogen) atoms. The molecule has 1 fully saturated rings. The van der Waals surface area contributed by atoms with Crippen molar-refractivity contribution in [2.75, 3.05) is 26.7 Å². The second-order valence-corrected chi connectivity index (χ2v) is 8.32. The number of methoxy groups -OCH3 is 1. The fourth-order valence-electron chi connectivity index (χ4n) is 3.08. The second-order valence-electron chi connectivity index (χ2n) is 6.38. The SMILES string of the molecule is COc1ccc(S(=O)(=O)N2CCCC2)cc1C(=O)NCCCn1ccnc1. The van der Waals surface area contributed by atoms with Crippen molar-refractivity contribution in [3.63, 3.8) is 0 Å². The minimum Gasteiger partial charge on any atom is -0.496 e. The Morgan fingerprint density at radius 2 is 2.07 bits per heavy atom. The minimum absolute atomic E-state index is 0.119. The fourth-order valence-corrected chi connectivity index (χ4v) is 4.62. The lowest BCUT2D eigenvalue weighted by Gasteiger charge is -2.17. The third-order valence-corrected chi connectivity index (χ3v) is 6.45. The van der Waals surface area contributed by atoms with Gasteiger partial charge in [-0.1, -0.05) is 0 Å². The molecule has 9 heteroatoms. The van der Waals surface area contributed by atoms with Crippen LogP contribution in [0.15, 0.2) is 41.8 Å². The minimum atomic E-state index is -3.59. The molecule has 1 saturated heterocycles. The number of nitrogens with zero attached hydrogens (tertiary/aromatic N) is 3. The molecule has 3 rings (SSSR count). The van der Waals surface area contributed by atoms with Crippen LogP contribution in [0.2, 0.25) is 0 Å². The van der Waals surface area contributed by atoms with Gasteiger partial charge < -0.3 is 14.6 Å². The van der Waals surface area contributed by atoms with Crippen LogP contribution < -0.4 is 10.1 Å². The summed E-state index contributed by atoms with van der Waals surface area (Å²) in [6.45, 7) is 2.23. The number of benzene rings is 1. The highest BCUT2D eigenvalue weighted by Gasteiger charge is 2.28. The highest BCUT2D eigenvalue weighted by atomic mass is 32.2. The number of sulfonamides is 1. The number of ether oxygens (including phenoxy) is 1. The Balaban J connectivity index is 1.70. The topological polar surface area (TPSA) is 93.5 Å². The first kappa shape index (κ1) is 19.4. The van der Waals surface area contributed by atoms with E-state index < -0.39 is 10.0 Å². The predicted molar refractivity (Wildman–Crippen MR) is 100 cm³/mol. The van der Waals surface area contributed by atoms with E-state index in [1.807, 2.05) is 10.8 Å². The monoisotopic (exact) mass is 392 g/mol. The molecule has 2 aromatic rings. The van der Waals surface area contributed by atoms with Gasteiger partial charge >= 0.3 is 0 Å². The fraction of sp³-hybridized carbons (Fsp3) is 0.444. The zero-order valence-electron chi connectivity index (χ0n) is 15.3. The van der Waals surface area contributed by atoms with Crippen molar-refractivity contribution >= 4 is 15.9 Å². The molecule has 1 N–H and O–H groups in total. The molecule has 2 heterocycles. The zero-order valence-corrected chi connectivity index (χ0v) is 16.1. The predicted octanol–water partition coefficient (Wildman–Crippen LogP) is 1.50. The van der Waals surface area contributed by atoms with Crippen LogP contribution in [0.3, 0.4) is 0 Å². The number of carbonyl (C=O) groups excluding carboxylic acids is 1. The number of rotatable bonds is 8. The number of nitrogens with one attached hydrogen (secondary N) is 1. The number of amides is 1. The van der Waals surface area contributed by atoms with E-state index in [0.29, 0.717) is 25.4 Å². The first-order chi connectivity index (χ1) is 13.0. The Morgan fingerprint density at radius 1 is 1.30 bits per heavy atom. The van der Waals surface area contributed by atoms with E-state index in [4.69, 9.17) is 4.74 Å². The number of imidazole rings is 1. The molecule has 146 valence electrons. The molecule has 0 saturated carbocycles. The van der Waals surface area contributed by atoms with Crippen molar-refractivity contribution in [2.24, 2.45) is 0 Å². The third-order valence-electron chi connectivity index (χ3n) is 4.56. The van der Waals surface area contributed by atoms with Gasteiger partial charge in [-0.2, -0.15) is 4.31 Å². The Hall–Kier alpha value is -2.39. The Kier molecular flexibility index (Phi) is 6.12. The zero-order chi connectivity index (χ0) is 19.3. The van der Waals surface area contributed by atoms with Gasteiger partial charge in [-0.15, -0.1) is 0 Å². The van der Waals surface area contributed by atoms with Gasteiger partial charge in [-0.3, -0.25) is 4.79 Å². The van der Waals surface area contributed by atoms with E-state index in [0.717, 1.165) is 25.8 Å². The van der Waals surface area contributed by atoms with Gasteiger partial charge in [0.2, 0.25) is 10.0 Å². The molecule has 1 amide bonds. The van der Waals surface area contributed by atoms with Crippen LogP contribution in [-0.2, 0) is 16.6 Å². The molecule has 0 bridgehead atoms. The van der Waals surface area contributed by atoms with Crippen molar-refractivity contribution in [1.82, 2.24) is 19.2 Å². The van der Waals surface area contributed by atoms with E-state index in [9.17, 15) is 13.2 Å². The molecular weight excluding hydrogens is 368 g/mol. The van der Waals surface area contributed by atoms with E-state index >= 15 is 0 Å². The van der Waals surface area contributed by atoms with Crippen LogP contribution >= 0.6 is 0 Å². The third kappa shape index (κ3) is 4.48. The molecular formula is C18H24N4O4S. The average molecular weight is 392 g/mol. The van der Waals surface area contributed by atoms with E-state index in [1.165, 1.54) is 29.6 Å². The van der Waals surface area contributed by atoms with E-state index in [2.05, 4.69) is 10.3 Å². The van der Waals surface area contributed by atoms with Gasteiger partial charge in [-0.25, -0.2) is 13.4 Å². The molecule has 1 aliphatic rings. The molecule has 8 nitrogen and oxygen atoms in total. The lowest BCUT2D eigenvalue weighted by Crippen LogP contribution is -2.29. The van der Waals surface area contributed by atoms with Gasteiger partial charge in [0, 0.05) is 38.6 Å². The summed E-state index contributed by atoms with van der Waals surface area (Å²) in [7, 11) is -2.13. The molecule has 1 aromatic carbocycles. The van der Waals surface area contributed by atoms with Crippen LogP contribution in [0, 0.1) is 0 Å². The van der Waals surface area contributed by atoms with Crippen LogP contribution in [0.4, 0.5) is 0 Å². The smallest absolute Gasteiger partial charge is 0.255 e. The quantitative estimate of drug-likeness (QED) is 0.687. The first-order valence-corrected chi connectivity index (χ1v) is 10.4. The summed E-state index contributed by atoms with van der Waals surface area (Å²) < 4.78 is 34.1. The molecule has 1 aromatic heterocycles. The summed E-state index contributed by atoms with van der Waals surface area (Å²) in [5.74, 6) is -0.00145. The number of hydrogen-bond donors (Lipinski definition) is 1. The number of aryl methyl sites for hydroxylation is 1. The summed E-state index contributed by atoms with van der Waals surface area (Å²) in [5.41, 5.74) is 0.223. The van der Waals surface area contributed by atoms with Gasteiger partial charge in [0.15, 0.2) is 0 Å². The van der Waals surface area contributed by atoms with Gasteiger partial charge in [0.25, 0.3) is 5.91 Å². The normalized spacial score (nSPS) is 15.0. The van der Waals surface area contributed by atoms with Crippen molar-refractivity contribution in [2.45, 2.75) is 30.7 Å². The molecule has 0 atom stereocenters. The molecule has 0 spiro atoms. The number of carbonyl (C=O) groups is 1. The summed E-state index contributed by atoms with van der Waals surface area (Å²) in [5, 5.41) is 2.82. The number of hydrogen-bond acceptors (Lipinski definition) is 5. The molecule has 0 radical (unpaired) electrons. The maximum atomic E-state index is 12.7. The summed E-state index contributed by atoms with van der Waals surface area (Å²) in [6.07, 6.45) is 7.74. The van der Waals surface area contributed by atoms with Crippen LogP contribution in [0.5, 0.6) is 5.75 Å². The lowest BCUT2D eigenvalue weighted by molar-refractivity contribution is 0.0949. The van der Waals surface area contributed by atoms with Gasteiger partial charge in [0.05, 0.1) is 23.9 Å². The van der Waals surface area contributed by atoms with Crippen molar-refractivity contribution in [1.29, 1.82) is 0 Å². The highest BCUT2D eigenvalue weighted by molar-refractivity contribution is 7.89. The van der Waals surface area contributed by atoms with Crippen molar-refractivity contribution < 1.29 is 17.9 Å². The van der Waals surface area contributed by atoms with Gasteiger partial charge in [0.1, 0.15) is 5.75 Å².